The van der Waals surface area contributed by atoms with Crippen molar-refractivity contribution in [1.29, 1.82) is 0 Å². The molecule has 1 aliphatic rings. The topological polar surface area (TPSA) is 50.0 Å². The highest BCUT2D eigenvalue weighted by atomic mass is 16.5. The van der Waals surface area contributed by atoms with Gasteiger partial charge in [0.2, 0.25) is 12.7 Å². The molecule has 0 saturated carbocycles. The smallest absolute Gasteiger partial charge is 0.243 e. The molecule has 0 spiro atoms. The van der Waals surface area contributed by atoms with Crippen LogP contribution in [0.5, 0.6) is 0 Å². The van der Waals surface area contributed by atoms with Crippen LogP contribution in [0.4, 0.5) is 0 Å². The number of hydrogen-bond donors (Lipinski definition) is 0. The van der Waals surface area contributed by atoms with Crippen molar-refractivity contribution in [2.45, 2.75) is 77.4 Å². The molecule has 1 aromatic carbocycles. The highest BCUT2D eigenvalue weighted by molar-refractivity contribution is 5.30. The van der Waals surface area contributed by atoms with Crippen molar-refractivity contribution in [3.05, 3.63) is 72.3 Å². The summed E-state index contributed by atoms with van der Waals surface area (Å²) in [5.41, 5.74) is 2.85. The van der Waals surface area contributed by atoms with E-state index in [1.807, 2.05) is 41.8 Å². The molecule has 0 N–H and O–H groups in total. The summed E-state index contributed by atoms with van der Waals surface area (Å²) >= 11 is 0. The third-order valence-corrected chi connectivity index (χ3v) is 6.53. The maximum atomic E-state index is 12.7. The van der Waals surface area contributed by atoms with Crippen LogP contribution in [0.2, 0.25) is 0 Å². The number of ether oxygens (including phenoxy) is 1. The summed E-state index contributed by atoms with van der Waals surface area (Å²) in [4.78, 5) is 0. The maximum Gasteiger partial charge on any atom is 0.243 e. The van der Waals surface area contributed by atoms with E-state index >= 15 is 0 Å². The standard InChI is InChI=1S/C26H38N5O2/c1-25(2)14-24(15-26(3,4)31(25)32)33-18-23-12-21(16-29-9-7-27(5)19-29)11-22(13-23)17-30-10-8-28(6)20-30/h7-13,19-20,24H,14-18H2,1-6H3/q+2. The second-order valence-corrected chi connectivity index (χ2v) is 10.9. The predicted molar refractivity (Wildman–Crippen MR) is 124 cm³/mol. The zero-order valence-electron chi connectivity index (χ0n) is 20.9. The second-order valence-electron chi connectivity index (χ2n) is 10.9. The van der Waals surface area contributed by atoms with Gasteiger partial charge in [-0.15, -0.1) is 10.3 Å². The van der Waals surface area contributed by atoms with Crippen molar-refractivity contribution in [3.8, 4) is 0 Å². The minimum absolute atomic E-state index is 0.0688. The Bertz CT molecular complexity index is 1020. The van der Waals surface area contributed by atoms with Gasteiger partial charge in [-0.2, -0.15) is 0 Å². The molecule has 0 aliphatic carbocycles. The molecule has 33 heavy (non-hydrogen) atoms. The maximum absolute atomic E-state index is 12.7. The van der Waals surface area contributed by atoms with Crippen molar-refractivity contribution in [1.82, 2.24) is 14.2 Å². The van der Waals surface area contributed by atoms with E-state index in [0.717, 1.165) is 25.9 Å². The third-order valence-electron chi connectivity index (χ3n) is 6.53. The molecule has 7 heteroatoms. The molecular weight excluding hydrogens is 414 g/mol. The zero-order chi connectivity index (χ0) is 23.8. The molecule has 0 unspecified atom stereocenters. The van der Waals surface area contributed by atoms with Gasteiger partial charge in [-0.05, 0) is 75.4 Å². The van der Waals surface area contributed by atoms with Crippen LogP contribution in [0.15, 0.2) is 55.6 Å². The predicted octanol–water partition coefficient (Wildman–Crippen LogP) is 2.92. The zero-order valence-corrected chi connectivity index (χ0v) is 20.9. The van der Waals surface area contributed by atoms with Crippen molar-refractivity contribution in [2.75, 3.05) is 0 Å². The van der Waals surface area contributed by atoms with E-state index in [9.17, 15) is 5.21 Å². The number of nitrogens with zero attached hydrogens (tertiary/aromatic N) is 5. The average Bonchev–Trinajstić information content (AvgIpc) is 3.31. The largest absolute Gasteiger partial charge is 0.373 e. The van der Waals surface area contributed by atoms with Crippen molar-refractivity contribution in [3.63, 3.8) is 0 Å². The number of piperidine rings is 1. The van der Waals surface area contributed by atoms with E-state index in [1.54, 1.807) is 0 Å². The summed E-state index contributed by atoms with van der Waals surface area (Å²) in [6.45, 7) is 10.3. The van der Waals surface area contributed by atoms with E-state index < -0.39 is 11.1 Å². The van der Waals surface area contributed by atoms with Gasteiger partial charge in [0, 0.05) is 11.1 Å². The molecule has 1 radical (unpaired) electrons. The third kappa shape index (κ3) is 5.72. The van der Waals surface area contributed by atoms with Crippen LogP contribution in [-0.4, -0.2) is 31.4 Å². The molecule has 2 aromatic heterocycles. The lowest BCUT2D eigenvalue weighted by molar-refractivity contribution is -0.671. The number of aromatic nitrogens is 4. The number of hydrogen-bond acceptors (Lipinski definition) is 2. The van der Waals surface area contributed by atoms with Crippen LogP contribution in [0.25, 0.3) is 0 Å². The number of hydroxylamine groups is 2. The van der Waals surface area contributed by atoms with Crippen molar-refractivity contribution >= 4 is 0 Å². The Morgan fingerprint density at radius 2 is 1.30 bits per heavy atom. The Morgan fingerprint density at radius 1 is 0.848 bits per heavy atom. The summed E-state index contributed by atoms with van der Waals surface area (Å²) in [6.07, 6.45) is 14.0. The Kier molecular flexibility index (Phi) is 6.49. The highest BCUT2D eigenvalue weighted by Crippen LogP contribution is 2.38. The average molecular weight is 453 g/mol. The fourth-order valence-electron chi connectivity index (χ4n) is 5.22. The van der Waals surface area contributed by atoms with Crippen LogP contribution in [0.3, 0.4) is 0 Å². The molecule has 4 rings (SSSR count). The van der Waals surface area contributed by atoms with Crippen LogP contribution in [0, 0.1) is 0 Å². The molecule has 177 valence electrons. The molecule has 1 fully saturated rings. The molecule has 3 aromatic rings. The normalized spacial score (nSPS) is 18.6. The van der Waals surface area contributed by atoms with Gasteiger partial charge in [0.1, 0.15) is 37.9 Å². The summed E-state index contributed by atoms with van der Waals surface area (Å²) < 4.78 is 14.9. The van der Waals surface area contributed by atoms with E-state index in [2.05, 4.69) is 73.9 Å². The fraction of sp³-hybridized carbons (Fsp3) is 0.538. The Morgan fingerprint density at radius 3 is 1.73 bits per heavy atom. The molecule has 7 nitrogen and oxygen atoms in total. The minimum Gasteiger partial charge on any atom is -0.373 e. The van der Waals surface area contributed by atoms with E-state index in [1.165, 1.54) is 21.8 Å². The first-order chi connectivity index (χ1) is 15.5. The highest BCUT2D eigenvalue weighted by Gasteiger charge is 2.46. The first-order valence-corrected chi connectivity index (χ1v) is 11.7. The Hall–Kier alpha value is -2.48. The lowest BCUT2D eigenvalue weighted by Gasteiger charge is -2.49. The van der Waals surface area contributed by atoms with Gasteiger partial charge in [0.15, 0.2) is 0 Å². The first-order valence-electron chi connectivity index (χ1n) is 11.7. The summed E-state index contributed by atoms with van der Waals surface area (Å²) in [6, 6.07) is 6.78. The van der Waals surface area contributed by atoms with Crippen LogP contribution < -0.4 is 9.13 Å². The monoisotopic (exact) mass is 452 g/mol. The van der Waals surface area contributed by atoms with Gasteiger partial charge in [-0.3, -0.25) is 0 Å². The van der Waals surface area contributed by atoms with Crippen LogP contribution >= 0.6 is 0 Å². The van der Waals surface area contributed by atoms with Gasteiger partial charge >= 0.3 is 0 Å². The summed E-state index contributed by atoms with van der Waals surface area (Å²) in [5.74, 6) is 0. The Labute approximate surface area is 197 Å². The minimum atomic E-state index is -0.423. The molecule has 1 aliphatic heterocycles. The number of rotatable bonds is 7. The van der Waals surface area contributed by atoms with E-state index in [0.29, 0.717) is 6.61 Å². The molecule has 0 atom stereocenters. The lowest BCUT2D eigenvalue weighted by atomic mass is 9.80. The number of imidazole rings is 2. The van der Waals surface area contributed by atoms with Crippen molar-refractivity contribution < 1.29 is 19.1 Å². The van der Waals surface area contributed by atoms with Gasteiger partial charge in [0.05, 0.1) is 26.8 Å². The lowest BCUT2D eigenvalue weighted by Crippen LogP contribution is -2.59. The van der Waals surface area contributed by atoms with Crippen molar-refractivity contribution in [2.24, 2.45) is 14.1 Å². The first kappa shape index (κ1) is 23.7. The Balaban J connectivity index is 1.53. The molecule has 3 heterocycles. The van der Waals surface area contributed by atoms with Gasteiger partial charge in [-0.25, -0.2) is 18.3 Å². The van der Waals surface area contributed by atoms with E-state index in [4.69, 9.17) is 4.74 Å². The molecule has 1 saturated heterocycles. The SMILES string of the molecule is C[n+]1ccn(Cc2cc(COC3CC(C)(C)N([O])C(C)(C)C3)cc(Cn3cc[n+](C)c3)c2)c1. The van der Waals surface area contributed by atoms with Gasteiger partial charge in [-0.1, -0.05) is 0 Å². The molecule has 0 bridgehead atoms. The summed E-state index contributed by atoms with van der Waals surface area (Å²) in [5, 5.41) is 13.9. The molecule has 0 amide bonds. The van der Waals surface area contributed by atoms with Crippen LogP contribution in [-0.2, 0) is 43.7 Å². The fourth-order valence-corrected chi connectivity index (χ4v) is 5.22. The van der Waals surface area contributed by atoms with Gasteiger partial charge in [0.25, 0.3) is 0 Å². The quantitative estimate of drug-likeness (QED) is 0.518. The molecular formula is C26H38N5O2+2. The second kappa shape index (κ2) is 9.05. The number of benzene rings is 1. The summed E-state index contributed by atoms with van der Waals surface area (Å²) in [7, 11) is 4.07. The van der Waals surface area contributed by atoms with Crippen LogP contribution in [0.1, 0.15) is 57.2 Å². The van der Waals surface area contributed by atoms with Gasteiger partial charge < -0.3 is 4.74 Å². The number of aryl methyl sites for hydroxylation is 2. The van der Waals surface area contributed by atoms with E-state index in [-0.39, 0.29) is 6.10 Å².